The van der Waals surface area contributed by atoms with E-state index in [0.29, 0.717) is 17.9 Å². The van der Waals surface area contributed by atoms with Gasteiger partial charge in [0.05, 0.1) is 32.1 Å². The highest BCUT2D eigenvalue weighted by molar-refractivity contribution is 6.52. The van der Waals surface area contributed by atoms with Crippen molar-refractivity contribution in [2.45, 2.75) is 18.9 Å². The van der Waals surface area contributed by atoms with Gasteiger partial charge in [-0.3, -0.25) is 19.4 Å². The molecule has 1 saturated heterocycles. The van der Waals surface area contributed by atoms with Crippen LogP contribution < -0.4 is 14.4 Å². The number of methoxy groups -OCH3 is 2. The molecule has 1 amide bonds. The van der Waals surface area contributed by atoms with Gasteiger partial charge in [0.25, 0.3) is 5.78 Å². The second-order valence-corrected chi connectivity index (χ2v) is 6.80. The third-order valence-electron chi connectivity index (χ3n) is 5.37. The fourth-order valence-corrected chi connectivity index (χ4v) is 4.01. The van der Waals surface area contributed by atoms with Crippen molar-refractivity contribution in [2.24, 2.45) is 0 Å². The number of hydrogen-bond donors (Lipinski definition) is 0. The number of Topliss-reactive ketones (excluding diaryl/α,β-unsaturated/α-hetero) is 1. The van der Waals surface area contributed by atoms with Crippen molar-refractivity contribution in [3.05, 3.63) is 53.6 Å². The van der Waals surface area contributed by atoms with Crippen LogP contribution >= 0.6 is 0 Å². The number of rotatable bonds is 5. The standard InChI is InChI=1S/C21H22N2O4/c1-26-14-9-10-15(19(12-14)27-2)17-8-5-11-22(17)13-23-18-7-4-3-6-16(18)20(24)21(23)25/h3-4,6-7,9-10,12,17H,5,8,11,13H2,1-2H3/t17-/m0/s1. The number of ether oxygens (including phenoxy) is 2. The molecule has 2 aliphatic heterocycles. The molecule has 0 unspecified atom stereocenters. The largest absolute Gasteiger partial charge is 0.497 e. The van der Waals surface area contributed by atoms with E-state index in [2.05, 4.69) is 4.90 Å². The summed E-state index contributed by atoms with van der Waals surface area (Å²) in [6.07, 6.45) is 2.00. The van der Waals surface area contributed by atoms with Crippen LogP contribution in [0.4, 0.5) is 5.69 Å². The molecule has 0 saturated carbocycles. The van der Waals surface area contributed by atoms with Gasteiger partial charge in [-0.05, 0) is 31.0 Å². The summed E-state index contributed by atoms with van der Waals surface area (Å²) in [6, 6.07) is 13.1. The molecule has 2 aromatic carbocycles. The molecule has 2 aliphatic rings. The number of anilines is 1. The molecule has 0 aliphatic carbocycles. The quantitative estimate of drug-likeness (QED) is 0.762. The van der Waals surface area contributed by atoms with E-state index >= 15 is 0 Å². The van der Waals surface area contributed by atoms with Gasteiger partial charge in [-0.15, -0.1) is 0 Å². The maximum Gasteiger partial charge on any atom is 0.300 e. The number of likely N-dealkylation sites (tertiary alicyclic amines) is 1. The highest BCUT2D eigenvalue weighted by atomic mass is 16.5. The van der Waals surface area contributed by atoms with E-state index < -0.39 is 11.7 Å². The summed E-state index contributed by atoms with van der Waals surface area (Å²) in [5.74, 6) is 0.636. The van der Waals surface area contributed by atoms with E-state index in [1.54, 1.807) is 31.3 Å². The lowest BCUT2D eigenvalue weighted by atomic mass is 10.0. The molecule has 2 aromatic rings. The maximum atomic E-state index is 12.5. The second-order valence-electron chi connectivity index (χ2n) is 6.80. The molecular weight excluding hydrogens is 344 g/mol. The topological polar surface area (TPSA) is 59.1 Å². The van der Waals surface area contributed by atoms with Crippen molar-refractivity contribution in [2.75, 3.05) is 32.3 Å². The van der Waals surface area contributed by atoms with E-state index in [9.17, 15) is 9.59 Å². The van der Waals surface area contributed by atoms with Gasteiger partial charge in [-0.2, -0.15) is 0 Å². The minimum atomic E-state index is -0.455. The predicted molar refractivity (Wildman–Crippen MR) is 101 cm³/mol. The normalized spacial score (nSPS) is 19.5. The van der Waals surface area contributed by atoms with Crippen molar-refractivity contribution >= 4 is 17.4 Å². The number of amides is 1. The van der Waals surface area contributed by atoms with Gasteiger partial charge in [-0.1, -0.05) is 18.2 Å². The summed E-state index contributed by atoms with van der Waals surface area (Å²) in [5.41, 5.74) is 2.25. The van der Waals surface area contributed by atoms with Crippen molar-refractivity contribution in [1.82, 2.24) is 4.90 Å². The molecular formula is C21H22N2O4. The second kappa shape index (κ2) is 7.04. The third kappa shape index (κ3) is 2.96. The minimum absolute atomic E-state index is 0.126. The zero-order chi connectivity index (χ0) is 19.0. The molecule has 6 nitrogen and oxygen atoms in total. The first kappa shape index (κ1) is 17.5. The Morgan fingerprint density at radius 2 is 1.89 bits per heavy atom. The average molecular weight is 366 g/mol. The number of fused-ring (bicyclic) bond motifs is 1. The fraction of sp³-hybridized carbons (Fsp3) is 0.333. The SMILES string of the molecule is COc1ccc([C@@H]2CCCN2CN2C(=O)C(=O)c3ccccc32)c(OC)c1. The first-order chi connectivity index (χ1) is 13.1. The van der Waals surface area contributed by atoms with Crippen molar-refractivity contribution in [3.63, 3.8) is 0 Å². The zero-order valence-electron chi connectivity index (χ0n) is 15.5. The van der Waals surface area contributed by atoms with E-state index in [1.807, 2.05) is 30.3 Å². The van der Waals surface area contributed by atoms with Crippen LogP contribution in [0.3, 0.4) is 0 Å². The molecule has 0 N–H and O–H groups in total. The fourth-order valence-electron chi connectivity index (χ4n) is 4.01. The monoisotopic (exact) mass is 366 g/mol. The number of carbonyl (C=O) groups is 2. The van der Waals surface area contributed by atoms with Crippen LogP contribution in [0.1, 0.15) is 34.8 Å². The molecule has 1 atom stereocenters. The Morgan fingerprint density at radius 3 is 2.67 bits per heavy atom. The Morgan fingerprint density at radius 1 is 1.07 bits per heavy atom. The number of ketones is 1. The van der Waals surface area contributed by atoms with Gasteiger partial charge < -0.3 is 9.47 Å². The third-order valence-corrected chi connectivity index (χ3v) is 5.37. The van der Waals surface area contributed by atoms with E-state index in [0.717, 1.165) is 36.4 Å². The van der Waals surface area contributed by atoms with Gasteiger partial charge in [0.2, 0.25) is 0 Å². The number of para-hydroxylation sites is 1. The molecule has 6 heteroatoms. The van der Waals surface area contributed by atoms with Crippen LogP contribution in [0, 0.1) is 0 Å². The first-order valence-electron chi connectivity index (χ1n) is 9.05. The Hall–Kier alpha value is -2.86. The van der Waals surface area contributed by atoms with Gasteiger partial charge in [0.1, 0.15) is 11.5 Å². The van der Waals surface area contributed by atoms with Crippen molar-refractivity contribution in [1.29, 1.82) is 0 Å². The summed E-state index contributed by atoms with van der Waals surface area (Å²) in [6.45, 7) is 1.25. The molecule has 140 valence electrons. The lowest BCUT2D eigenvalue weighted by molar-refractivity contribution is -0.114. The lowest BCUT2D eigenvalue weighted by Gasteiger charge is -2.30. The number of hydrogen-bond acceptors (Lipinski definition) is 5. The molecule has 2 heterocycles. The van der Waals surface area contributed by atoms with Gasteiger partial charge >= 0.3 is 5.91 Å². The van der Waals surface area contributed by atoms with Crippen LogP contribution in [0.25, 0.3) is 0 Å². The molecule has 0 bridgehead atoms. The number of benzene rings is 2. The predicted octanol–water partition coefficient (Wildman–Crippen LogP) is 3.03. The van der Waals surface area contributed by atoms with Gasteiger partial charge in [0.15, 0.2) is 0 Å². The molecule has 0 radical (unpaired) electrons. The van der Waals surface area contributed by atoms with Crippen LogP contribution in [0.15, 0.2) is 42.5 Å². The summed E-state index contributed by atoms with van der Waals surface area (Å²) in [4.78, 5) is 28.6. The maximum absolute atomic E-state index is 12.5. The molecule has 0 aromatic heterocycles. The van der Waals surface area contributed by atoms with Gasteiger partial charge in [-0.25, -0.2) is 0 Å². The van der Waals surface area contributed by atoms with Gasteiger partial charge in [0, 0.05) is 24.2 Å². The Bertz CT molecular complexity index is 896. The van der Waals surface area contributed by atoms with E-state index in [-0.39, 0.29) is 6.04 Å². The van der Waals surface area contributed by atoms with Crippen LogP contribution in [-0.4, -0.2) is 44.0 Å². The van der Waals surface area contributed by atoms with Crippen LogP contribution in [0.5, 0.6) is 11.5 Å². The average Bonchev–Trinajstić information content (AvgIpc) is 3.26. The molecule has 27 heavy (non-hydrogen) atoms. The highest BCUT2D eigenvalue weighted by Gasteiger charge is 2.38. The van der Waals surface area contributed by atoms with Crippen LogP contribution in [-0.2, 0) is 4.79 Å². The van der Waals surface area contributed by atoms with E-state index in [1.165, 1.54) is 0 Å². The molecule has 1 fully saturated rings. The minimum Gasteiger partial charge on any atom is -0.497 e. The number of nitrogens with zero attached hydrogens (tertiary/aromatic N) is 2. The first-order valence-corrected chi connectivity index (χ1v) is 9.05. The smallest absolute Gasteiger partial charge is 0.300 e. The van der Waals surface area contributed by atoms with Crippen molar-refractivity contribution < 1.29 is 19.1 Å². The van der Waals surface area contributed by atoms with E-state index in [4.69, 9.17) is 9.47 Å². The Balaban J connectivity index is 1.62. The number of carbonyl (C=O) groups excluding carboxylic acids is 2. The molecule has 4 rings (SSSR count). The molecule has 0 spiro atoms. The summed E-state index contributed by atoms with van der Waals surface area (Å²) in [5, 5.41) is 0. The Kier molecular flexibility index (Phi) is 4.58. The van der Waals surface area contributed by atoms with Crippen LogP contribution in [0.2, 0.25) is 0 Å². The Labute approximate surface area is 158 Å². The zero-order valence-corrected chi connectivity index (χ0v) is 15.5. The van der Waals surface area contributed by atoms with Crippen molar-refractivity contribution in [3.8, 4) is 11.5 Å². The lowest BCUT2D eigenvalue weighted by Crippen LogP contribution is -2.40. The summed E-state index contributed by atoms with van der Waals surface area (Å²) in [7, 11) is 3.28. The summed E-state index contributed by atoms with van der Waals surface area (Å²) >= 11 is 0. The highest BCUT2D eigenvalue weighted by Crippen LogP contribution is 2.39. The summed E-state index contributed by atoms with van der Waals surface area (Å²) < 4.78 is 10.9.